The fraction of sp³-hybridized carbons (Fsp3) is 0.321. The molecule has 1 fully saturated rings. The molecule has 1 saturated carbocycles. The van der Waals surface area contributed by atoms with Gasteiger partial charge >= 0.3 is 6.03 Å². The Bertz CT molecular complexity index is 1840. The molecular weight excluding hydrogens is 508 g/mol. The summed E-state index contributed by atoms with van der Waals surface area (Å²) in [5.41, 5.74) is 3.27. The van der Waals surface area contributed by atoms with E-state index >= 15 is 0 Å². The maximum atomic E-state index is 13.1. The molecule has 6 rings (SSSR count). The maximum Gasteiger partial charge on any atom is 0.320 e. The zero-order chi connectivity index (χ0) is 28.2. The van der Waals surface area contributed by atoms with Crippen LogP contribution in [0.25, 0.3) is 27.6 Å². The van der Waals surface area contributed by atoms with Crippen molar-refractivity contribution in [1.29, 1.82) is 0 Å². The number of aryl methyl sites for hydroxylation is 1. The molecule has 40 heavy (non-hydrogen) atoms. The van der Waals surface area contributed by atoms with Gasteiger partial charge in [0.05, 0.1) is 16.9 Å². The summed E-state index contributed by atoms with van der Waals surface area (Å²) in [6, 6.07) is 8.93. The summed E-state index contributed by atoms with van der Waals surface area (Å²) in [5.74, 6) is 0.895. The van der Waals surface area contributed by atoms with Gasteiger partial charge in [-0.1, -0.05) is 20.8 Å². The maximum absolute atomic E-state index is 13.1. The molecule has 0 aliphatic heterocycles. The number of benzene rings is 1. The Balaban J connectivity index is 1.23. The number of amides is 2. The van der Waals surface area contributed by atoms with E-state index in [0.717, 1.165) is 27.7 Å². The van der Waals surface area contributed by atoms with Crippen LogP contribution in [0.15, 0.2) is 53.8 Å². The molecule has 1 aliphatic rings. The molecule has 4 aromatic heterocycles. The Kier molecular flexibility index (Phi) is 5.97. The van der Waals surface area contributed by atoms with Crippen LogP contribution in [0.3, 0.4) is 0 Å². The van der Waals surface area contributed by atoms with Crippen molar-refractivity contribution in [3.63, 3.8) is 0 Å². The van der Waals surface area contributed by atoms with E-state index in [2.05, 4.69) is 56.7 Å². The lowest BCUT2D eigenvalue weighted by molar-refractivity contribution is 0.251. The highest BCUT2D eigenvalue weighted by Crippen LogP contribution is 2.40. The topological polar surface area (TPSA) is 145 Å². The highest BCUT2D eigenvalue weighted by molar-refractivity contribution is 5.90. The minimum atomic E-state index is -0.363. The number of nitrogens with zero attached hydrogens (tertiary/aromatic N) is 7. The van der Waals surface area contributed by atoms with E-state index in [-0.39, 0.29) is 29.0 Å². The standard InChI is InChI=1S/C28H30N10O2/c1-28(2,3)22-11-23(38(36-22)17-6-7-20-15(8-17)12-30-14-32-20)34-27(40)33-21-10-18(21)19-9-16-13-31-26(29-4)35-24(16)37(5)25(19)39/h6-9,11-14,18,21H,10H2,1-5H3,(H,29,31,35)(H2,33,34,40). The number of hydrogen-bond acceptors (Lipinski definition) is 8. The van der Waals surface area contributed by atoms with Gasteiger partial charge in [0.15, 0.2) is 0 Å². The summed E-state index contributed by atoms with van der Waals surface area (Å²) in [6.45, 7) is 6.21. The summed E-state index contributed by atoms with van der Waals surface area (Å²) in [5, 5.41) is 15.3. The number of rotatable bonds is 5. The molecular formula is C28H30N10O2. The Morgan fingerprint density at radius 2 is 1.90 bits per heavy atom. The number of anilines is 2. The first kappa shape index (κ1) is 25.4. The van der Waals surface area contributed by atoms with Crippen LogP contribution in [-0.2, 0) is 12.5 Å². The monoisotopic (exact) mass is 538 g/mol. The molecule has 0 spiro atoms. The lowest BCUT2D eigenvalue weighted by atomic mass is 9.92. The SMILES string of the molecule is CNc1ncc2cc(C3CC3NC(=O)Nc3cc(C(C)(C)C)nn3-c3ccc4ncncc4c3)c(=O)n(C)c2n1. The number of aromatic nitrogens is 7. The second-order valence-electron chi connectivity index (χ2n) is 11.1. The van der Waals surface area contributed by atoms with Crippen LogP contribution in [0.2, 0.25) is 0 Å². The minimum Gasteiger partial charge on any atom is -0.357 e. The van der Waals surface area contributed by atoms with E-state index in [1.54, 1.807) is 31.2 Å². The fourth-order valence-corrected chi connectivity index (χ4v) is 4.81. The van der Waals surface area contributed by atoms with Crippen LogP contribution >= 0.6 is 0 Å². The predicted molar refractivity (Wildman–Crippen MR) is 153 cm³/mol. The number of carbonyl (C=O) groups excluding carboxylic acids is 1. The third-order valence-corrected chi connectivity index (χ3v) is 7.16. The van der Waals surface area contributed by atoms with Gasteiger partial charge in [0, 0.05) is 66.3 Å². The van der Waals surface area contributed by atoms with Crippen molar-refractivity contribution < 1.29 is 4.79 Å². The van der Waals surface area contributed by atoms with Crippen molar-refractivity contribution in [2.75, 3.05) is 17.7 Å². The molecule has 12 heteroatoms. The molecule has 1 aliphatic carbocycles. The Morgan fingerprint density at radius 1 is 1.07 bits per heavy atom. The molecule has 3 N–H and O–H groups in total. The highest BCUT2D eigenvalue weighted by atomic mass is 16.2. The molecule has 204 valence electrons. The molecule has 4 heterocycles. The Morgan fingerprint density at radius 3 is 2.67 bits per heavy atom. The molecule has 5 aromatic rings. The van der Waals surface area contributed by atoms with Gasteiger partial charge in [0.1, 0.15) is 17.8 Å². The zero-order valence-corrected chi connectivity index (χ0v) is 22.9. The largest absolute Gasteiger partial charge is 0.357 e. The van der Waals surface area contributed by atoms with Crippen LogP contribution in [0.4, 0.5) is 16.6 Å². The summed E-state index contributed by atoms with van der Waals surface area (Å²) in [7, 11) is 3.43. The predicted octanol–water partition coefficient (Wildman–Crippen LogP) is 3.47. The van der Waals surface area contributed by atoms with Crippen molar-refractivity contribution >= 4 is 39.7 Å². The lowest BCUT2D eigenvalue weighted by Gasteiger charge is -2.14. The van der Waals surface area contributed by atoms with E-state index in [1.165, 1.54) is 10.9 Å². The van der Waals surface area contributed by atoms with Gasteiger partial charge in [-0.3, -0.25) is 14.7 Å². The molecule has 12 nitrogen and oxygen atoms in total. The van der Waals surface area contributed by atoms with Gasteiger partial charge in [0.25, 0.3) is 5.56 Å². The van der Waals surface area contributed by atoms with Gasteiger partial charge in [0.2, 0.25) is 5.95 Å². The fourth-order valence-electron chi connectivity index (χ4n) is 4.81. The van der Waals surface area contributed by atoms with Crippen molar-refractivity contribution in [1.82, 2.24) is 39.6 Å². The third-order valence-electron chi connectivity index (χ3n) is 7.16. The van der Waals surface area contributed by atoms with Crippen molar-refractivity contribution in [2.24, 2.45) is 7.05 Å². The Labute approximate surface area is 229 Å². The van der Waals surface area contributed by atoms with Crippen LogP contribution < -0.4 is 21.5 Å². The van der Waals surface area contributed by atoms with E-state index in [9.17, 15) is 9.59 Å². The quantitative estimate of drug-likeness (QED) is 0.309. The zero-order valence-electron chi connectivity index (χ0n) is 22.9. The number of urea groups is 1. The number of hydrogen-bond donors (Lipinski definition) is 3. The molecule has 0 saturated heterocycles. The first-order valence-corrected chi connectivity index (χ1v) is 13.0. The van der Waals surface area contributed by atoms with Crippen LogP contribution in [0.5, 0.6) is 0 Å². The molecule has 0 bridgehead atoms. The third kappa shape index (κ3) is 4.61. The smallest absolute Gasteiger partial charge is 0.320 e. The first-order valence-electron chi connectivity index (χ1n) is 13.0. The van der Waals surface area contributed by atoms with E-state index in [0.29, 0.717) is 29.4 Å². The number of pyridine rings is 1. The second-order valence-corrected chi connectivity index (χ2v) is 11.1. The van der Waals surface area contributed by atoms with Crippen LogP contribution in [0.1, 0.15) is 44.4 Å². The summed E-state index contributed by atoms with van der Waals surface area (Å²) in [6.07, 6.45) is 5.62. The second kappa shape index (κ2) is 9.40. The first-order chi connectivity index (χ1) is 19.1. The molecule has 2 amide bonds. The van der Waals surface area contributed by atoms with Crippen molar-refractivity contribution in [3.8, 4) is 5.69 Å². The summed E-state index contributed by atoms with van der Waals surface area (Å²) < 4.78 is 3.25. The summed E-state index contributed by atoms with van der Waals surface area (Å²) in [4.78, 5) is 43.3. The molecule has 2 atom stereocenters. The lowest BCUT2D eigenvalue weighted by Crippen LogP contribution is -2.33. The van der Waals surface area contributed by atoms with Crippen LogP contribution in [-0.4, -0.2) is 53.4 Å². The summed E-state index contributed by atoms with van der Waals surface area (Å²) >= 11 is 0. The average molecular weight is 539 g/mol. The van der Waals surface area contributed by atoms with E-state index in [1.807, 2.05) is 30.3 Å². The number of fused-ring (bicyclic) bond motifs is 2. The van der Waals surface area contributed by atoms with Gasteiger partial charge in [-0.25, -0.2) is 24.4 Å². The van der Waals surface area contributed by atoms with Gasteiger partial charge in [-0.2, -0.15) is 10.1 Å². The van der Waals surface area contributed by atoms with Gasteiger partial charge in [-0.15, -0.1) is 0 Å². The normalized spacial score (nSPS) is 16.7. The molecule has 1 aromatic carbocycles. The minimum absolute atomic E-state index is 0.0895. The number of nitrogens with one attached hydrogen (secondary N) is 3. The molecule has 0 radical (unpaired) electrons. The highest BCUT2D eigenvalue weighted by Gasteiger charge is 2.42. The van der Waals surface area contributed by atoms with E-state index in [4.69, 9.17) is 5.10 Å². The average Bonchev–Trinajstić information content (AvgIpc) is 3.55. The Hall–Kier alpha value is -4.87. The number of carbonyl (C=O) groups is 1. The van der Waals surface area contributed by atoms with E-state index < -0.39 is 0 Å². The van der Waals surface area contributed by atoms with Crippen molar-refractivity contribution in [2.45, 2.75) is 44.6 Å². The molecule has 2 unspecified atom stereocenters. The van der Waals surface area contributed by atoms with Gasteiger partial charge in [-0.05, 0) is 30.7 Å². The van der Waals surface area contributed by atoms with Crippen molar-refractivity contribution in [3.05, 3.63) is 70.7 Å². The van der Waals surface area contributed by atoms with Crippen LogP contribution in [0, 0.1) is 0 Å². The van der Waals surface area contributed by atoms with Gasteiger partial charge < -0.3 is 10.6 Å².